The molecule has 4 rings (SSSR count). The molecule has 0 radical (unpaired) electrons. The van der Waals surface area contributed by atoms with Crippen LogP contribution in [-0.4, -0.2) is 67.1 Å². The summed E-state index contributed by atoms with van der Waals surface area (Å²) in [5.74, 6) is -2.03. The van der Waals surface area contributed by atoms with Gasteiger partial charge in [-0.1, -0.05) is 0 Å². The summed E-state index contributed by atoms with van der Waals surface area (Å²) in [6.45, 7) is 0.578. The number of nitrogens with zero attached hydrogens (tertiary/aromatic N) is 3. The molecule has 2 aromatic heterocycles. The van der Waals surface area contributed by atoms with Gasteiger partial charge < -0.3 is 35.7 Å². The van der Waals surface area contributed by atoms with Crippen molar-refractivity contribution in [3.63, 3.8) is 0 Å². The van der Waals surface area contributed by atoms with Crippen LogP contribution in [-0.2, 0) is 4.79 Å². The van der Waals surface area contributed by atoms with Gasteiger partial charge in [-0.05, 0) is 30.3 Å². The normalized spacial score (nSPS) is 11.1. The maximum Gasteiger partial charge on any atom is 0.349 e. The number of carbonyl (C=O) groups is 1. The van der Waals surface area contributed by atoms with Crippen molar-refractivity contribution >= 4 is 17.5 Å². The van der Waals surface area contributed by atoms with Gasteiger partial charge in [0.1, 0.15) is 24.2 Å². The third-order valence-corrected chi connectivity index (χ3v) is 5.24. The van der Waals surface area contributed by atoms with Crippen LogP contribution in [0.4, 0.5) is 10.1 Å². The molecule has 16 heteroatoms. The smallest absolute Gasteiger partial charge is 0.349 e. The third kappa shape index (κ3) is 7.54. The minimum absolute atomic E-state index is 0.0150. The molecule has 216 valence electrons. The quantitative estimate of drug-likeness (QED) is 0.104. The van der Waals surface area contributed by atoms with Gasteiger partial charge in [0.15, 0.2) is 17.4 Å². The Morgan fingerprint density at radius 2 is 1.95 bits per heavy atom. The minimum Gasteiger partial charge on any atom is -0.497 e. The number of carboxylic acids is 1. The van der Waals surface area contributed by atoms with Gasteiger partial charge in [-0.2, -0.15) is 4.68 Å². The number of amidine groups is 1. The van der Waals surface area contributed by atoms with Crippen LogP contribution in [0.1, 0.15) is 29.9 Å². The van der Waals surface area contributed by atoms with Crippen LogP contribution < -0.4 is 31.8 Å². The van der Waals surface area contributed by atoms with Crippen LogP contribution in [0, 0.1) is 11.2 Å². The third-order valence-electron chi connectivity index (χ3n) is 5.24. The maximum absolute atomic E-state index is 15.7. The number of aromatic amines is 2. The second-order valence-corrected chi connectivity index (χ2v) is 8.16. The molecule has 0 saturated heterocycles. The van der Waals surface area contributed by atoms with Crippen molar-refractivity contribution in [3.05, 3.63) is 92.4 Å². The highest BCUT2D eigenvalue weighted by atomic mass is 19.1. The highest BCUT2D eigenvalue weighted by molar-refractivity contribution is 5.95. The van der Waals surface area contributed by atoms with E-state index in [9.17, 15) is 9.59 Å². The lowest BCUT2D eigenvalue weighted by Crippen LogP contribution is -2.25. The number of aliphatic hydroxyl groups excluding tert-OH is 1. The van der Waals surface area contributed by atoms with Gasteiger partial charge in [0.05, 0.1) is 13.7 Å². The van der Waals surface area contributed by atoms with Crippen molar-refractivity contribution in [2.24, 2.45) is 5.73 Å². The maximum atomic E-state index is 15.7. The van der Waals surface area contributed by atoms with E-state index in [0.29, 0.717) is 11.3 Å². The number of rotatable bonds is 10. The number of hydrogen-bond donors (Lipinski definition) is 7. The number of anilines is 1. The number of nitrogens with one attached hydrogen (secondary N) is 4. The van der Waals surface area contributed by atoms with Crippen molar-refractivity contribution in [3.8, 4) is 17.3 Å². The Morgan fingerprint density at radius 3 is 2.54 bits per heavy atom. The summed E-state index contributed by atoms with van der Waals surface area (Å²) in [7, 11) is 1.39. The van der Waals surface area contributed by atoms with Crippen LogP contribution in [0.5, 0.6) is 11.5 Å². The number of aromatic nitrogens is 5. The molecule has 0 bridgehead atoms. The predicted molar refractivity (Wildman–Crippen MR) is 144 cm³/mol. The number of hydrogen-bond acceptors (Lipinski definition) is 10. The molecular formula is C25H27FN8O7. The van der Waals surface area contributed by atoms with E-state index >= 15 is 4.39 Å². The number of halogens is 1. The molecular weight excluding hydrogens is 543 g/mol. The van der Waals surface area contributed by atoms with Gasteiger partial charge in [0, 0.05) is 42.2 Å². The summed E-state index contributed by atoms with van der Waals surface area (Å²) < 4.78 is 27.1. The fourth-order valence-corrected chi connectivity index (χ4v) is 3.50. The van der Waals surface area contributed by atoms with E-state index < -0.39 is 29.1 Å². The number of aliphatic hydroxyl groups is 1. The Labute approximate surface area is 230 Å². The number of methoxy groups -OCH3 is 1. The Hall–Kier alpha value is -5.51. The minimum atomic E-state index is -1.12. The molecule has 0 saturated carbocycles. The first-order valence-corrected chi connectivity index (χ1v) is 11.8. The summed E-state index contributed by atoms with van der Waals surface area (Å²) in [5, 5.41) is 31.4. The van der Waals surface area contributed by atoms with Crippen molar-refractivity contribution in [1.29, 1.82) is 5.41 Å². The molecule has 2 aromatic carbocycles. The first-order chi connectivity index (χ1) is 19.5. The molecule has 15 nitrogen and oxygen atoms in total. The van der Waals surface area contributed by atoms with Gasteiger partial charge in [-0.15, -0.1) is 5.10 Å². The topological polar surface area (TPSA) is 234 Å². The fraction of sp³-hybridized carbons (Fsp3) is 0.200. The Balaban J connectivity index is 0.00000108. The zero-order valence-electron chi connectivity index (χ0n) is 21.8. The second kappa shape index (κ2) is 13.5. The molecule has 0 unspecified atom stereocenters. The lowest BCUT2D eigenvalue weighted by atomic mass is 10.0. The number of carboxylic acid groups (broad SMARTS) is 1. The van der Waals surface area contributed by atoms with Crippen molar-refractivity contribution < 1.29 is 28.9 Å². The lowest BCUT2D eigenvalue weighted by molar-refractivity contribution is -0.134. The monoisotopic (exact) mass is 570 g/mol. The van der Waals surface area contributed by atoms with E-state index in [4.69, 9.17) is 35.6 Å². The molecule has 0 spiro atoms. The average Bonchev–Trinajstić information content (AvgIpc) is 3.32. The number of nitrogens with two attached hydrogens (primary N) is 1. The first-order valence-electron chi connectivity index (χ1n) is 11.8. The SMILES string of the molecule is CC(=O)O.COc1cc(OCCO)c(F)c([C@H](Nc2ccc(C(=N)N)cc2)c2nn(-c3ncc[nH]c3=O)c(=O)[nH]2)c1. The van der Waals surface area contributed by atoms with Crippen molar-refractivity contribution in [2.45, 2.75) is 13.0 Å². The highest BCUT2D eigenvalue weighted by Gasteiger charge is 2.27. The van der Waals surface area contributed by atoms with Crippen LogP contribution in [0.2, 0.25) is 0 Å². The molecule has 0 aliphatic heterocycles. The first kappa shape index (κ1) is 30.0. The van der Waals surface area contributed by atoms with Crippen molar-refractivity contribution in [1.82, 2.24) is 24.7 Å². The average molecular weight is 571 g/mol. The Morgan fingerprint density at radius 1 is 1.27 bits per heavy atom. The van der Waals surface area contributed by atoms with Gasteiger partial charge in [-0.3, -0.25) is 20.0 Å². The summed E-state index contributed by atoms with van der Waals surface area (Å²) in [4.78, 5) is 42.8. The largest absolute Gasteiger partial charge is 0.497 e. The van der Waals surface area contributed by atoms with E-state index in [1.807, 2.05) is 0 Å². The Kier molecular flexibility index (Phi) is 9.91. The number of nitrogen functional groups attached to an aromatic ring is 1. The molecule has 1 atom stereocenters. The molecule has 0 fully saturated rings. The molecule has 0 amide bonds. The van der Waals surface area contributed by atoms with Crippen LogP contribution in [0.15, 0.2) is 58.4 Å². The molecule has 8 N–H and O–H groups in total. The molecule has 0 aliphatic carbocycles. The standard InChI is InChI=1S/C23H23FN8O5.C2H4O2/c1-36-14-10-15(17(24)16(11-14)37-9-8-33)18(29-13-4-2-12(3-5-13)19(25)26)20-30-23(35)32(31-20)21-22(34)28-7-6-27-21;1-2(3)4/h2-7,10-11,18,29,33H,8-9H2,1H3,(H3,25,26)(H,28,34)(H,30,31,35);1H3,(H,3,4)/t18-;/m0./s1. The summed E-state index contributed by atoms with van der Waals surface area (Å²) in [6.07, 6.45) is 2.59. The Bertz CT molecular complexity index is 1630. The number of ether oxygens (including phenoxy) is 2. The molecule has 2 heterocycles. The van der Waals surface area contributed by atoms with Crippen LogP contribution >= 0.6 is 0 Å². The van der Waals surface area contributed by atoms with E-state index in [1.165, 1.54) is 31.6 Å². The lowest BCUT2D eigenvalue weighted by Gasteiger charge is -2.21. The van der Waals surface area contributed by atoms with Crippen LogP contribution in [0.25, 0.3) is 5.82 Å². The summed E-state index contributed by atoms with van der Waals surface area (Å²) in [5.41, 5.74) is 5.02. The van der Waals surface area contributed by atoms with Crippen molar-refractivity contribution in [2.75, 3.05) is 25.6 Å². The molecule has 0 aliphatic rings. The number of aliphatic carboxylic acids is 1. The fourth-order valence-electron chi connectivity index (χ4n) is 3.50. The predicted octanol–water partition coefficient (Wildman–Crippen LogP) is 0.739. The van der Waals surface area contributed by atoms with Gasteiger partial charge >= 0.3 is 5.69 Å². The molecule has 41 heavy (non-hydrogen) atoms. The summed E-state index contributed by atoms with van der Waals surface area (Å²) in [6, 6.07) is 8.01. The summed E-state index contributed by atoms with van der Waals surface area (Å²) >= 11 is 0. The number of H-pyrrole nitrogens is 2. The van der Waals surface area contributed by atoms with Gasteiger partial charge in [0.25, 0.3) is 11.5 Å². The van der Waals surface area contributed by atoms with E-state index in [2.05, 4.69) is 25.4 Å². The zero-order chi connectivity index (χ0) is 30.1. The zero-order valence-corrected chi connectivity index (χ0v) is 21.8. The highest BCUT2D eigenvalue weighted by Crippen LogP contribution is 2.34. The van der Waals surface area contributed by atoms with E-state index in [-0.39, 0.29) is 47.8 Å². The van der Waals surface area contributed by atoms with Gasteiger partial charge in [-0.25, -0.2) is 14.2 Å². The molecule has 4 aromatic rings. The van der Waals surface area contributed by atoms with Crippen LogP contribution in [0.3, 0.4) is 0 Å². The van der Waals surface area contributed by atoms with Gasteiger partial charge in [0.2, 0.25) is 5.82 Å². The van der Waals surface area contributed by atoms with E-state index in [0.717, 1.165) is 11.6 Å². The number of benzene rings is 2. The van der Waals surface area contributed by atoms with E-state index in [1.54, 1.807) is 24.3 Å². The second-order valence-electron chi connectivity index (χ2n) is 8.16.